The first kappa shape index (κ1) is 32.5. The summed E-state index contributed by atoms with van der Waals surface area (Å²) in [6, 6.07) is 14.7. The van der Waals surface area contributed by atoms with Gasteiger partial charge in [-0.15, -0.1) is 0 Å². The highest BCUT2D eigenvalue weighted by molar-refractivity contribution is 6.05. The number of aliphatic hydroxyl groups excluding tert-OH is 1. The van der Waals surface area contributed by atoms with Crippen molar-refractivity contribution in [3.05, 3.63) is 84.5 Å². The summed E-state index contributed by atoms with van der Waals surface area (Å²) in [6.45, 7) is 2.17. The molecule has 0 radical (unpaired) electrons. The molecule has 4 aliphatic rings. The van der Waals surface area contributed by atoms with E-state index < -0.39 is 47.7 Å². The predicted octanol–water partition coefficient (Wildman–Crippen LogP) is 3.09. The van der Waals surface area contributed by atoms with Gasteiger partial charge < -0.3 is 34.4 Å². The molecule has 4 aliphatic heterocycles. The molecule has 0 saturated carbocycles. The third-order valence-corrected chi connectivity index (χ3v) is 9.54. The molecule has 2 fully saturated rings. The zero-order valence-electron chi connectivity index (χ0n) is 26.6. The van der Waals surface area contributed by atoms with E-state index in [1.807, 2.05) is 36.4 Å². The molecule has 248 valence electrons. The van der Waals surface area contributed by atoms with Gasteiger partial charge in [0, 0.05) is 31.8 Å². The number of cyclic esters (lactones) is 1. The molecule has 11 nitrogen and oxygen atoms in total. The minimum Gasteiger partial charge on any atom is -0.497 e. The summed E-state index contributed by atoms with van der Waals surface area (Å²) >= 11 is 0. The van der Waals surface area contributed by atoms with Crippen LogP contribution in [0.4, 0.5) is 5.69 Å². The molecule has 0 bridgehead atoms. The van der Waals surface area contributed by atoms with Crippen molar-refractivity contribution in [3.63, 3.8) is 0 Å². The highest BCUT2D eigenvalue weighted by Crippen LogP contribution is 2.53. The van der Waals surface area contributed by atoms with Crippen molar-refractivity contribution in [1.82, 2.24) is 10.2 Å². The van der Waals surface area contributed by atoms with Gasteiger partial charge in [-0.05, 0) is 56.0 Å². The summed E-state index contributed by atoms with van der Waals surface area (Å²) in [7, 11) is 1.57. The van der Waals surface area contributed by atoms with Gasteiger partial charge in [-0.1, -0.05) is 54.6 Å². The molecule has 3 amide bonds. The summed E-state index contributed by atoms with van der Waals surface area (Å²) < 4.78 is 18.3. The molecule has 2 aromatic carbocycles. The molecule has 7 atom stereocenters. The number of hydrogen-bond donors (Lipinski definition) is 2. The number of amides is 3. The maximum Gasteiger partial charge on any atom is 0.313 e. The van der Waals surface area contributed by atoms with E-state index >= 15 is 0 Å². The predicted molar refractivity (Wildman–Crippen MR) is 172 cm³/mol. The molecular weight excluding hydrogens is 602 g/mol. The van der Waals surface area contributed by atoms with E-state index in [1.54, 1.807) is 61.4 Å². The minimum atomic E-state index is -1.45. The molecule has 2 aromatic rings. The smallest absolute Gasteiger partial charge is 0.313 e. The molecule has 0 aliphatic carbocycles. The monoisotopic (exact) mass is 643 g/mol. The molecular formula is C36H41N3O8. The fourth-order valence-corrected chi connectivity index (χ4v) is 7.33. The molecule has 2 N–H and O–H groups in total. The van der Waals surface area contributed by atoms with E-state index in [0.717, 1.165) is 0 Å². The summed E-state index contributed by atoms with van der Waals surface area (Å²) in [5.41, 5.74) is -0.119. The lowest BCUT2D eigenvalue weighted by molar-refractivity contribution is -0.161. The minimum absolute atomic E-state index is 0.0546. The Labute approximate surface area is 274 Å². The Morgan fingerprint density at radius 1 is 1.00 bits per heavy atom. The lowest BCUT2D eigenvalue weighted by Gasteiger charge is -2.35. The fraction of sp³-hybridized carbons (Fsp3) is 0.444. The van der Waals surface area contributed by atoms with E-state index in [1.165, 1.54) is 4.90 Å². The molecule has 0 unspecified atom stereocenters. The molecule has 0 aromatic heterocycles. The first-order chi connectivity index (χ1) is 22.8. The number of ether oxygens (including phenoxy) is 3. The van der Waals surface area contributed by atoms with Crippen molar-refractivity contribution in [2.24, 2.45) is 11.8 Å². The Balaban J connectivity index is 1.42. The second-order valence-electron chi connectivity index (χ2n) is 12.4. The van der Waals surface area contributed by atoms with E-state index in [0.29, 0.717) is 36.3 Å². The summed E-state index contributed by atoms with van der Waals surface area (Å²) in [5, 5.41) is 12.5. The van der Waals surface area contributed by atoms with Crippen molar-refractivity contribution in [3.8, 4) is 5.75 Å². The molecule has 4 heterocycles. The number of nitrogens with one attached hydrogen (secondary N) is 1. The van der Waals surface area contributed by atoms with Crippen molar-refractivity contribution in [2.75, 3.05) is 31.7 Å². The van der Waals surface area contributed by atoms with Crippen LogP contribution >= 0.6 is 0 Å². The second kappa shape index (κ2) is 13.7. The average Bonchev–Trinajstić information content (AvgIpc) is 3.46. The van der Waals surface area contributed by atoms with Crippen molar-refractivity contribution < 1.29 is 38.5 Å². The van der Waals surface area contributed by atoms with Crippen LogP contribution in [-0.2, 0) is 28.7 Å². The Bertz CT molecular complexity index is 1540. The van der Waals surface area contributed by atoms with E-state index in [2.05, 4.69) is 5.32 Å². The Hall–Kier alpha value is -4.48. The standard InChI is InChI=1S/C36H41N3O8/c1-23-31(24-11-4-3-5-12-24)46-35(44)29-27(13-6-7-14-28(41)37-23)47-36-19-10-21-38(25-15-17-26(45-2)18-16-25)34(43)32(36)39(20-8-9-22-40)33(42)30(29)36/h3-6,10-13,15-19,23,27,29-32,40H,7-9,14,20-22H2,1-2H3,(H,37,41)/b13-6-/t23-,27-,29+,30+,31+,32-,36+/m1/s1. The number of anilines is 1. The molecule has 6 rings (SSSR count). The van der Waals surface area contributed by atoms with E-state index in [9.17, 15) is 24.3 Å². The topological polar surface area (TPSA) is 135 Å². The van der Waals surface area contributed by atoms with Crippen LogP contribution in [-0.4, -0.2) is 84.3 Å². The second-order valence-corrected chi connectivity index (χ2v) is 12.4. The number of benzene rings is 2. The number of nitrogens with zero attached hydrogens (tertiary/aromatic N) is 2. The number of carbonyl (C=O) groups is 4. The molecule has 11 heteroatoms. The fourth-order valence-electron chi connectivity index (χ4n) is 7.33. The zero-order valence-corrected chi connectivity index (χ0v) is 26.6. The van der Waals surface area contributed by atoms with Crippen LogP contribution in [0.3, 0.4) is 0 Å². The third kappa shape index (κ3) is 6.05. The van der Waals surface area contributed by atoms with Crippen LogP contribution in [0.25, 0.3) is 0 Å². The van der Waals surface area contributed by atoms with Gasteiger partial charge in [-0.3, -0.25) is 19.2 Å². The first-order valence-electron chi connectivity index (χ1n) is 16.2. The van der Waals surface area contributed by atoms with E-state index in [4.69, 9.17) is 14.2 Å². The number of fused-ring (bicyclic) bond motifs is 2. The number of hydrogen-bond acceptors (Lipinski definition) is 8. The van der Waals surface area contributed by atoms with Gasteiger partial charge in [0.15, 0.2) is 0 Å². The van der Waals surface area contributed by atoms with Crippen LogP contribution in [0, 0.1) is 11.8 Å². The number of methoxy groups -OCH3 is 1. The Kier molecular flexibility index (Phi) is 9.47. The van der Waals surface area contributed by atoms with Gasteiger partial charge >= 0.3 is 5.97 Å². The SMILES string of the molecule is COc1ccc(N2CC=C[C@]34O[C@@H]5/C=C\CCC(=O)N[C@H](C)[C@@H](c6ccccc6)OC(=O)[C@@H]5[C@H]3C(=O)N(CCCCO)[C@@H]4C2=O)cc1. The van der Waals surface area contributed by atoms with Crippen LogP contribution in [0.5, 0.6) is 5.75 Å². The quantitative estimate of drug-likeness (QED) is 0.267. The molecule has 47 heavy (non-hydrogen) atoms. The van der Waals surface area contributed by atoms with Gasteiger partial charge in [0.25, 0.3) is 5.91 Å². The van der Waals surface area contributed by atoms with Crippen LogP contribution in [0.2, 0.25) is 0 Å². The maximum atomic E-state index is 14.6. The number of allylic oxidation sites excluding steroid dienone is 1. The number of likely N-dealkylation sites (tertiary alicyclic amines) is 1. The Morgan fingerprint density at radius 2 is 1.77 bits per heavy atom. The first-order valence-corrected chi connectivity index (χ1v) is 16.2. The van der Waals surface area contributed by atoms with E-state index in [-0.39, 0.29) is 43.8 Å². The van der Waals surface area contributed by atoms with Crippen molar-refractivity contribution in [1.29, 1.82) is 0 Å². The van der Waals surface area contributed by atoms with Crippen LogP contribution in [0.1, 0.15) is 44.3 Å². The van der Waals surface area contributed by atoms with Gasteiger partial charge in [-0.25, -0.2) is 0 Å². The third-order valence-electron chi connectivity index (χ3n) is 9.54. The average molecular weight is 644 g/mol. The molecule has 2 saturated heterocycles. The highest BCUT2D eigenvalue weighted by Gasteiger charge is 2.71. The number of carbonyl (C=O) groups excluding carboxylic acids is 4. The normalized spacial score (nSPS) is 31.5. The van der Waals surface area contributed by atoms with Crippen molar-refractivity contribution >= 4 is 29.4 Å². The number of esters is 1. The Morgan fingerprint density at radius 3 is 2.49 bits per heavy atom. The summed E-state index contributed by atoms with van der Waals surface area (Å²) in [5.74, 6) is -2.97. The van der Waals surface area contributed by atoms with Gasteiger partial charge in [0.1, 0.15) is 29.4 Å². The van der Waals surface area contributed by atoms with Gasteiger partial charge in [0.2, 0.25) is 11.8 Å². The zero-order chi connectivity index (χ0) is 33.1. The largest absolute Gasteiger partial charge is 0.497 e. The summed E-state index contributed by atoms with van der Waals surface area (Å²) in [4.78, 5) is 59.4. The molecule has 1 spiro atoms. The van der Waals surface area contributed by atoms with Crippen LogP contribution in [0.15, 0.2) is 78.9 Å². The maximum absolute atomic E-state index is 14.6. The van der Waals surface area contributed by atoms with Gasteiger partial charge in [-0.2, -0.15) is 0 Å². The number of unbranched alkanes of at least 4 members (excludes halogenated alkanes) is 1. The lowest BCUT2D eigenvalue weighted by atomic mass is 9.77. The highest BCUT2D eigenvalue weighted by atomic mass is 16.6. The van der Waals surface area contributed by atoms with Crippen molar-refractivity contribution in [2.45, 2.75) is 62.5 Å². The number of aliphatic hydroxyl groups is 1. The number of rotatable bonds is 7. The van der Waals surface area contributed by atoms with Crippen LogP contribution < -0.4 is 15.0 Å². The lowest BCUT2D eigenvalue weighted by Crippen LogP contribution is -2.55. The summed E-state index contributed by atoms with van der Waals surface area (Å²) in [6.07, 6.45) is 6.94. The van der Waals surface area contributed by atoms with Gasteiger partial charge in [0.05, 0.1) is 25.2 Å².